The van der Waals surface area contributed by atoms with Gasteiger partial charge in [-0.1, -0.05) is 25.4 Å². The molecule has 0 atom stereocenters. The maximum Gasteiger partial charge on any atom is 0.145 e. The maximum absolute atomic E-state index is 5.95. The monoisotopic (exact) mass is 311 g/mol. The molecule has 0 amide bonds. The second-order valence-corrected chi connectivity index (χ2v) is 6.63. The Hall–Kier alpha value is -1.37. The summed E-state index contributed by atoms with van der Waals surface area (Å²) in [5.41, 5.74) is 2.59. The summed E-state index contributed by atoms with van der Waals surface area (Å²) in [5, 5.41) is 0. The summed E-state index contributed by atoms with van der Waals surface area (Å²) in [6.07, 6.45) is 0. The van der Waals surface area contributed by atoms with Crippen LogP contribution in [0.5, 0.6) is 0 Å². The van der Waals surface area contributed by atoms with E-state index >= 15 is 0 Å². The number of aromatic nitrogens is 2. The molecule has 0 aromatic carbocycles. The highest BCUT2D eigenvalue weighted by Crippen LogP contribution is 2.25. The lowest BCUT2D eigenvalue weighted by Gasteiger charge is -2.19. The third-order valence-electron chi connectivity index (χ3n) is 2.81. The van der Waals surface area contributed by atoms with Crippen molar-refractivity contribution in [3.63, 3.8) is 0 Å². The van der Waals surface area contributed by atoms with Gasteiger partial charge in [-0.2, -0.15) is 0 Å². The Morgan fingerprint density at radius 2 is 2.15 bits per heavy atom. The molecule has 0 aliphatic heterocycles. The fourth-order valence-electron chi connectivity index (χ4n) is 1.73. The molecule has 2 aromatic heterocycles. The first-order chi connectivity index (χ1) is 9.49. The van der Waals surface area contributed by atoms with Crippen molar-refractivity contribution in [2.45, 2.75) is 26.3 Å². The Morgan fingerprint density at radius 3 is 2.70 bits per heavy atom. The lowest BCUT2D eigenvalue weighted by molar-refractivity contribution is 0.764. The number of nitrogens with one attached hydrogen (secondary N) is 1. The van der Waals surface area contributed by atoms with E-state index < -0.39 is 0 Å². The van der Waals surface area contributed by atoms with Crippen LogP contribution in [0.1, 0.15) is 30.5 Å². The number of rotatable bonds is 5. The van der Waals surface area contributed by atoms with Crippen molar-refractivity contribution in [2.75, 3.05) is 17.4 Å². The Morgan fingerprint density at radius 1 is 1.40 bits per heavy atom. The molecule has 0 saturated heterocycles. The fourth-order valence-corrected chi connectivity index (χ4v) is 2.87. The largest absolute Gasteiger partial charge is 0.354 e. The molecule has 2 heterocycles. The molecule has 0 bridgehead atoms. The Labute approximate surface area is 127 Å². The highest BCUT2D eigenvalue weighted by molar-refractivity contribution is 7.16. The van der Waals surface area contributed by atoms with Gasteiger partial charge >= 0.3 is 0 Å². The normalized spacial score (nSPS) is 10.9. The van der Waals surface area contributed by atoms with Crippen LogP contribution in [0, 0.1) is 0 Å². The van der Waals surface area contributed by atoms with Gasteiger partial charge in [0, 0.05) is 23.9 Å². The molecule has 20 heavy (non-hydrogen) atoms. The standard InChI is InChI=1S/C13H18ClN5S/c1-8(2)13-16-11(18-15)6-12(17-13)19(3)7-9-4-5-10(14)20-9/h4-6,8H,7,15H2,1-3H3,(H,16,17,18). The van der Waals surface area contributed by atoms with Crippen LogP contribution in [0.4, 0.5) is 11.6 Å². The zero-order chi connectivity index (χ0) is 14.7. The van der Waals surface area contributed by atoms with E-state index in [-0.39, 0.29) is 5.92 Å². The molecular formula is C13H18ClN5S. The molecule has 3 N–H and O–H groups in total. The van der Waals surface area contributed by atoms with Crippen molar-refractivity contribution in [3.05, 3.63) is 33.2 Å². The topological polar surface area (TPSA) is 67.1 Å². The van der Waals surface area contributed by atoms with E-state index in [9.17, 15) is 0 Å². The van der Waals surface area contributed by atoms with Gasteiger partial charge in [-0.3, -0.25) is 0 Å². The van der Waals surface area contributed by atoms with Crippen LogP contribution in [0.25, 0.3) is 0 Å². The van der Waals surface area contributed by atoms with Crippen molar-refractivity contribution in [2.24, 2.45) is 5.84 Å². The number of thiophene rings is 1. The average Bonchev–Trinajstić information content (AvgIpc) is 2.83. The summed E-state index contributed by atoms with van der Waals surface area (Å²) in [6.45, 7) is 4.85. The van der Waals surface area contributed by atoms with Crippen LogP contribution in [0.2, 0.25) is 4.34 Å². The number of nitrogen functional groups attached to an aromatic ring is 1. The first kappa shape index (κ1) is 15.0. The lowest BCUT2D eigenvalue weighted by Crippen LogP contribution is -2.20. The van der Waals surface area contributed by atoms with Gasteiger partial charge in [0.05, 0.1) is 10.9 Å². The SMILES string of the molecule is CC(C)c1nc(NN)cc(N(C)Cc2ccc(Cl)s2)n1. The van der Waals surface area contributed by atoms with Crippen LogP contribution in [0.3, 0.4) is 0 Å². The molecule has 2 aromatic rings. The third-order valence-corrected chi connectivity index (χ3v) is 4.02. The van der Waals surface area contributed by atoms with E-state index in [1.165, 1.54) is 4.88 Å². The van der Waals surface area contributed by atoms with Gasteiger partial charge in [-0.15, -0.1) is 11.3 Å². The van der Waals surface area contributed by atoms with Gasteiger partial charge in [0.2, 0.25) is 0 Å². The van der Waals surface area contributed by atoms with Crippen molar-refractivity contribution < 1.29 is 0 Å². The Balaban J connectivity index is 2.24. The summed E-state index contributed by atoms with van der Waals surface area (Å²) in [6, 6.07) is 5.76. The van der Waals surface area contributed by atoms with Crippen LogP contribution < -0.4 is 16.2 Å². The number of hydrogen-bond donors (Lipinski definition) is 2. The van der Waals surface area contributed by atoms with Gasteiger partial charge in [-0.05, 0) is 12.1 Å². The quantitative estimate of drug-likeness (QED) is 0.655. The van der Waals surface area contributed by atoms with E-state index in [0.717, 1.165) is 22.5 Å². The summed E-state index contributed by atoms with van der Waals surface area (Å²) < 4.78 is 0.795. The summed E-state index contributed by atoms with van der Waals surface area (Å²) >= 11 is 7.52. The van der Waals surface area contributed by atoms with Gasteiger partial charge in [0.25, 0.3) is 0 Å². The molecule has 108 valence electrons. The highest BCUT2D eigenvalue weighted by Gasteiger charge is 2.11. The summed E-state index contributed by atoms with van der Waals surface area (Å²) in [5.74, 6) is 7.94. The second kappa shape index (κ2) is 6.39. The second-order valence-electron chi connectivity index (χ2n) is 4.83. The van der Waals surface area contributed by atoms with Crippen LogP contribution in [0.15, 0.2) is 18.2 Å². The van der Waals surface area contributed by atoms with Gasteiger partial charge in [0.1, 0.15) is 17.5 Å². The molecule has 2 rings (SSSR count). The number of nitrogens with two attached hydrogens (primary N) is 1. The zero-order valence-electron chi connectivity index (χ0n) is 11.7. The summed E-state index contributed by atoms with van der Waals surface area (Å²) in [4.78, 5) is 12.2. The number of hydrazine groups is 1. The molecular weight excluding hydrogens is 294 g/mol. The number of halogens is 1. The minimum absolute atomic E-state index is 0.242. The van der Waals surface area contributed by atoms with Gasteiger partial charge in [-0.25, -0.2) is 15.8 Å². The molecule has 0 unspecified atom stereocenters. The molecule has 0 aliphatic rings. The van der Waals surface area contributed by atoms with E-state index in [2.05, 4.69) is 34.1 Å². The van der Waals surface area contributed by atoms with Crippen LogP contribution in [-0.4, -0.2) is 17.0 Å². The third kappa shape index (κ3) is 3.59. The van der Waals surface area contributed by atoms with E-state index in [1.54, 1.807) is 11.3 Å². The van der Waals surface area contributed by atoms with Crippen LogP contribution in [-0.2, 0) is 6.54 Å². The zero-order valence-corrected chi connectivity index (χ0v) is 13.3. The van der Waals surface area contributed by atoms with Crippen molar-refractivity contribution in [1.82, 2.24) is 9.97 Å². The molecule has 0 spiro atoms. The fraction of sp³-hybridized carbons (Fsp3) is 0.385. The van der Waals surface area contributed by atoms with Crippen molar-refractivity contribution in [3.8, 4) is 0 Å². The number of nitrogens with zero attached hydrogens (tertiary/aromatic N) is 3. The number of anilines is 2. The molecule has 0 aliphatic carbocycles. The minimum atomic E-state index is 0.242. The Kier molecular flexibility index (Phi) is 4.80. The van der Waals surface area contributed by atoms with E-state index in [1.807, 2.05) is 25.2 Å². The predicted molar refractivity (Wildman–Crippen MR) is 85.4 cm³/mol. The van der Waals surface area contributed by atoms with Gasteiger partial charge < -0.3 is 10.3 Å². The summed E-state index contributed by atoms with van der Waals surface area (Å²) in [7, 11) is 1.99. The molecule has 5 nitrogen and oxygen atoms in total. The van der Waals surface area contributed by atoms with Crippen molar-refractivity contribution in [1.29, 1.82) is 0 Å². The molecule has 0 radical (unpaired) electrons. The Bertz CT molecular complexity index is 584. The average molecular weight is 312 g/mol. The first-order valence-corrected chi connectivity index (χ1v) is 7.50. The number of hydrogen-bond acceptors (Lipinski definition) is 6. The minimum Gasteiger partial charge on any atom is -0.354 e. The predicted octanol–water partition coefficient (Wildman–Crippen LogP) is 3.24. The van der Waals surface area contributed by atoms with Gasteiger partial charge in [0.15, 0.2) is 0 Å². The van der Waals surface area contributed by atoms with E-state index in [0.29, 0.717) is 5.82 Å². The first-order valence-electron chi connectivity index (χ1n) is 6.30. The van der Waals surface area contributed by atoms with Crippen molar-refractivity contribution >= 4 is 34.6 Å². The smallest absolute Gasteiger partial charge is 0.145 e. The molecule has 0 fully saturated rings. The van der Waals surface area contributed by atoms with E-state index in [4.69, 9.17) is 17.4 Å². The lowest BCUT2D eigenvalue weighted by atomic mass is 10.2. The molecule has 0 saturated carbocycles. The highest BCUT2D eigenvalue weighted by atomic mass is 35.5. The molecule has 7 heteroatoms. The van der Waals surface area contributed by atoms with Crippen LogP contribution >= 0.6 is 22.9 Å². The maximum atomic E-state index is 5.95.